The predicted octanol–water partition coefficient (Wildman–Crippen LogP) is 5.73. The minimum atomic E-state index is -0.0375. The Morgan fingerprint density at radius 2 is 1.30 bits per heavy atom. The third-order valence-corrected chi connectivity index (χ3v) is 6.45. The summed E-state index contributed by atoms with van der Waals surface area (Å²) in [6.07, 6.45) is 4.25. The van der Waals surface area contributed by atoms with E-state index in [4.69, 9.17) is 23.2 Å². The van der Waals surface area contributed by atoms with Crippen LogP contribution in [-0.4, -0.2) is 18.6 Å². The predicted molar refractivity (Wildman–Crippen MR) is 111 cm³/mol. The van der Waals surface area contributed by atoms with Crippen LogP contribution in [0.1, 0.15) is 48.6 Å². The van der Waals surface area contributed by atoms with Gasteiger partial charge in [0.1, 0.15) is 0 Å². The van der Waals surface area contributed by atoms with Crippen molar-refractivity contribution in [1.82, 2.24) is 10.6 Å². The number of rotatable bonds is 5. The molecule has 2 aliphatic carbocycles. The smallest absolute Gasteiger partial charge is 0.315 e. The molecule has 0 unspecified atom stereocenters. The van der Waals surface area contributed by atoms with Gasteiger partial charge in [0.15, 0.2) is 0 Å². The second-order valence-corrected chi connectivity index (χ2v) is 8.73. The van der Waals surface area contributed by atoms with Gasteiger partial charge in [0.25, 0.3) is 0 Å². The molecule has 2 aliphatic rings. The number of hydrogen-bond acceptors (Lipinski definition) is 1. The summed E-state index contributed by atoms with van der Waals surface area (Å²) in [4.78, 5) is 12.1. The maximum Gasteiger partial charge on any atom is 0.315 e. The van der Waals surface area contributed by atoms with Crippen molar-refractivity contribution in [3.63, 3.8) is 0 Å². The van der Waals surface area contributed by atoms with Crippen LogP contribution in [0.3, 0.4) is 0 Å². The van der Waals surface area contributed by atoms with Crippen LogP contribution < -0.4 is 10.6 Å². The molecule has 142 valence electrons. The van der Waals surface area contributed by atoms with Crippen molar-refractivity contribution in [2.75, 3.05) is 6.54 Å². The monoisotopic (exact) mass is 402 g/mol. The van der Waals surface area contributed by atoms with Crippen LogP contribution in [0, 0.1) is 5.92 Å². The van der Waals surface area contributed by atoms with Gasteiger partial charge in [-0.1, -0.05) is 47.5 Å². The molecule has 0 atom stereocenters. The second kappa shape index (κ2) is 8.12. The van der Waals surface area contributed by atoms with Crippen LogP contribution in [0.2, 0.25) is 10.0 Å². The lowest BCUT2D eigenvalue weighted by Gasteiger charge is -2.37. The number of carbonyl (C=O) groups is 1. The fourth-order valence-electron chi connectivity index (χ4n) is 4.13. The minimum absolute atomic E-state index is 0.0375. The third-order valence-electron chi connectivity index (χ3n) is 5.94. The average Bonchev–Trinajstić information content (AvgIpc) is 2.59. The highest BCUT2D eigenvalue weighted by Gasteiger charge is 2.33. The van der Waals surface area contributed by atoms with Crippen LogP contribution in [0.25, 0.3) is 0 Å². The molecule has 0 heterocycles. The van der Waals surface area contributed by atoms with Gasteiger partial charge < -0.3 is 10.6 Å². The van der Waals surface area contributed by atoms with Gasteiger partial charge in [0, 0.05) is 22.6 Å². The molecular formula is C22H24Cl2N2O. The number of urea groups is 1. The first-order valence-electron chi connectivity index (χ1n) is 9.62. The van der Waals surface area contributed by atoms with Gasteiger partial charge in [-0.2, -0.15) is 0 Å². The first-order valence-corrected chi connectivity index (χ1v) is 10.4. The molecule has 2 N–H and O–H groups in total. The lowest BCUT2D eigenvalue weighted by atomic mass is 9.71. The number of benzene rings is 2. The van der Waals surface area contributed by atoms with Crippen LogP contribution in [0.5, 0.6) is 0 Å². The summed E-state index contributed by atoms with van der Waals surface area (Å²) in [5, 5.41) is 7.67. The highest BCUT2D eigenvalue weighted by molar-refractivity contribution is 6.30. The van der Waals surface area contributed by atoms with Crippen molar-refractivity contribution in [3.05, 3.63) is 69.7 Å². The summed E-state index contributed by atoms with van der Waals surface area (Å²) in [6, 6.07) is 16.4. The zero-order chi connectivity index (χ0) is 18.8. The highest BCUT2D eigenvalue weighted by Crippen LogP contribution is 2.41. The molecule has 0 aromatic heterocycles. The second-order valence-electron chi connectivity index (χ2n) is 7.86. The molecular weight excluding hydrogens is 379 g/mol. The van der Waals surface area contributed by atoms with E-state index in [1.54, 1.807) is 0 Å². The van der Waals surface area contributed by atoms with Crippen molar-refractivity contribution in [3.8, 4) is 0 Å². The van der Waals surface area contributed by atoms with Gasteiger partial charge in [-0.15, -0.1) is 0 Å². The van der Waals surface area contributed by atoms with Crippen molar-refractivity contribution in [2.24, 2.45) is 5.92 Å². The molecule has 4 rings (SSSR count). The van der Waals surface area contributed by atoms with Gasteiger partial charge in [0.2, 0.25) is 0 Å². The molecule has 27 heavy (non-hydrogen) atoms. The van der Waals surface area contributed by atoms with E-state index in [1.807, 2.05) is 24.3 Å². The van der Waals surface area contributed by atoms with E-state index in [1.165, 1.54) is 11.1 Å². The lowest BCUT2D eigenvalue weighted by Crippen LogP contribution is -2.49. The quantitative estimate of drug-likeness (QED) is 0.658. The van der Waals surface area contributed by atoms with E-state index < -0.39 is 0 Å². The maximum absolute atomic E-state index is 12.1. The Balaban J connectivity index is 1.12. The summed E-state index contributed by atoms with van der Waals surface area (Å²) in [6.45, 7) is 0.753. The molecule has 0 bridgehead atoms. The fourth-order valence-corrected chi connectivity index (χ4v) is 4.38. The first-order chi connectivity index (χ1) is 13.1. The Morgan fingerprint density at radius 1 is 0.815 bits per heavy atom. The SMILES string of the molecule is O=C(NCC1CC(c2ccc(Cl)cc2)C1)NC1CC(c2ccc(Cl)cc2)C1. The van der Waals surface area contributed by atoms with E-state index in [0.29, 0.717) is 17.8 Å². The summed E-state index contributed by atoms with van der Waals surface area (Å²) < 4.78 is 0. The number of carbonyl (C=O) groups excluding carboxylic acids is 1. The molecule has 2 amide bonds. The maximum atomic E-state index is 12.1. The third kappa shape index (κ3) is 4.59. The topological polar surface area (TPSA) is 41.1 Å². The molecule has 0 aliphatic heterocycles. The standard InChI is InChI=1S/C22H24Cl2N2O/c23-19-5-1-15(2-6-19)17-9-14(10-17)13-25-22(27)26-21-11-18(12-21)16-3-7-20(24)8-4-16/h1-8,14,17-18,21H,9-13H2,(H2,25,26,27). The Bertz CT molecular complexity index is 779. The molecule has 0 radical (unpaired) electrons. The van der Waals surface area contributed by atoms with Crippen molar-refractivity contribution in [2.45, 2.75) is 43.6 Å². The number of nitrogens with one attached hydrogen (secondary N) is 2. The Kier molecular flexibility index (Phi) is 5.60. The van der Waals surface area contributed by atoms with Gasteiger partial charge >= 0.3 is 6.03 Å². The van der Waals surface area contributed by atoms with Crippen molar-refractivity contribution < 1.29 is 4.79 Å². The average molecular weight is 403 g/mol. The molecule has 2 aromatic rings. The van der Waals surface area contributed by atoms with Gasteiger partial charge in [-0.3, -0.25) is 0 Å². The highest BCUT2D eigenvalue weighted by atomic mass is 35.5. The Hall–Kier alpha value is -1.71. The van der Waals surface area contributed by atoms with Gasteiger partial charge in [-0.05, 0) is 78.8 Å². The molecule has 2 saturated carbocycles. The van der Waals surface area contributed by atoms with Crippen molar-refractivity contribution in [1.29, 1.82) is 0 Å². The van der Waals surface area contributed by atoms with E-state index in [2.05, 4.69) is 34.9 Å². The van der Waals surface area contributed by atoms with Gasteiger partial charge in [-0.25, -0.2) is 4.79 Å². The van der Waals surface area contributed by atoms with Crippen molar-refractivity contribution >= 4 is 29.2 Å². The summed E-state index contributed by atoms with van der Waals surface area (Å²) in [7, 11) is 0. The van der Waals surface area contributed by atoms with E-state index in [0.717, 1.165) is 42.3 Å². The summed E-state index contributed by atoms with van der Waals surface area (Å²) in [5.74, 6) is 1.70. The number of hydrogen-bond donors (Lipinski definition) is 2. The normalized spacial score (nSPS) is 26.6. The zero-order valence-corrected chi connectivity index (χ0v) is 16.6. The summed E-state index contributed by atoms with van der Waals surface area (Å²) in [5.41, 5.74) is 2.66. The van der Waals surface area contributed by atoms with Crippen LogP contribution >= 0.6 is 23.2 Å². The number of amides is 2. The molecule has 2 fully saturated rings. The molecule has 5 heteroatoms. The van der Waals surface area contributed by atoms with Crippen LogP contribution in [0.4, 0.5) is 4.79 Å². The van der Waals surface area contributed by atoms with Crippen LogP contribution in [0.15, 0.2) is 48.5 Å². The fraction of sp³-hybridized carbons (Fsp3) is 0.409. The Morgan fingerprint density at radius 3 is 1.81 bits per heavy atom. The van der Waals surface area contributed by atoms with E-state index >= 15 is 0 Å². The van der Waals surface area contributed by atoms with Crippen LogP contribution in [-0.2, 0) is 0 Å². The largest absolute Gasteiger partial charge is 0.338 e. The molecule has 0 spiro atoms. The molecule has 0 saturated heterocycles. The van der Waals surface area contributed by atoms with E-state index in [9.17, 15) is 4.79 Å². The molecule has 3 nitrogen and oxygen atoms in total. The first kappa shape index (κ1) is 18.6. The lowest BCUT2D eigenvalue weighted by molar-refractivity contribution is 0.211. The van der Waals surface area contributed by atoms with E-state index in [-0.39, 0.29) is 12.1 Å². The Labute approximate surface area is 170 Å². The zero-order valence-electron chi connectivity index (χ0n) is 15.1. The number of halogens is 2. The van der Waals surface area contributed by atoms with Gasteiger partial charge in [0.05, 0.1) is 0 Å². The summed E-state index contributed by atoms with van der Waals surface area (Å²) >= 11 is 11.9. The molecule has 2 aromatic carbocycles. The minimum Gasteiger partial charge on any atom is -0.338 e.